The van der Waals surface area contributed by atoms with E-state index < -0.39 is 5.97 Å². The van der Waals surface area contributed by atoms with E-state index in [2.05, 4.69) is 19.1 Å². The van der Waals surface area contributed by atoms with E-state index in [-0.39, 0.29) is 6.42 Å². The summed E-state index contributed by atoms with van der Waals surface area (Å²) >= 11 is 0. The van der Waals surface area contributed by atoms with Gasteiger partial charge in [0.25, 0.3) is 0 Å². The predicted octanol–water partition coefficient (Wildman–Crippen LogP) is 3.06. The van der Waals surface area contributed by atoms with Crippen LogP contribution in [0.2, 0.25) is 0 Å². The van der Waals surface area contributed by atoms with Crippen molar-refractivity contribution in [3.05, 3.63) is 59.7 Å². The summed E-state index contributed by atoms with van der Waals surface area (Å²) in [6, 6.07) is 15.7. The number of para-hydroxylation sites is 2. The Balaban J connectivity index is 2.26. The number of aryl methyl sites for hydroxylation is 1. The molecule has 0 saturated carbocycles. The van der Waals surface area contributed by atoms with Crippen molar-refractivity contribution < 1.29 is 9.90 Å². The Kier molecular flexibility index (Phi) is 4.82. The molecule has 110 valence electrons. The van der Waals surface area contributed by atoms with E-state index in [1.807, 2.05) is 41.3 Å². The van der Waals surface area contributed by atoms with E-state index in [0.717, 1.165) is 5.69 Å². The van der Waals surface area contributed by atoms with Crippen LogP contribution in [-0.4, -0.2) is 17.6 Å². The number of hydrogen-bond donors (Lipinski definition) is 2. The summed E-state index contributed by atoms with van der Waals surface area (Å²) in [5.41, 5.74) is 9.93. The molecule has 2 aromatic carbocycles. The Labute approximate surface area is 124 Å². The molecule has 0 heterocycles. The number of carbonyl (C=O) groups is 1. The number of carboxylic acid groups (broad SMARTS) is 1. The summed E-state index contributed by atoms with van der Waals surface area (Å²) in [6.07, 6.45) is 0.0835. The minimum atomic E-state index is -0.806. The summed E-state index contributed by atoms with van der Waals surface area (Å²) in [6.45, 7) is 3.13. The van der Waals surface area contributed by atoms with Crippen molar-refractivity contribution in [2.45, 2.75) is 19.9 Å². The van der Waals surface area contributed by atoms with Gasteiger partial charge in [0, 0.05) is 13.1 Å². The van der Waals surface area contributed by atoms with Crippen LogP contribution in [0.1, 0.15) is 17.5 Å². The van der Waals surface area contributed by atoms with Crippen LogP contribution in [0.25, 0.3) is 0 Å². The lowest BCUT2D eigenvalue weighted by molar-refractivity contribution is -0.136. The summed E-state index contributed by atoms with van der Waals surface area (Å²) in [7, 11) is 0. The molecule has 0 unspecified atom stereocenters. The summed E-state index contributed by atoms with van der Waals surface area (Å²) in [5, 5.41) is 8.94. The fraction of sp³-hybridized carbons (Fsp3) is 0.235. The monoisotopic (exact) mass is 284 g/mol. The van der Waals surface area contributed by atoms with E-state index in [0.29, 0.717) is 18.8 Å². The van der Waals surface area contributed by atoms with Crippen molar-refractivity contribution in [3.8, 4) is 0 Å². The lowest BCUT2D eigenvalue weighted by atomic mass is 10.1. The van der Waals surface area contributed by atoms with Crippen LogP contribution in [0.3, 0.4) is 0 Å². The molecule has 0 saturated heterocycles. The average Bonchev–Trinajstić information content (AvgIpc) is 2.46. The smallest absolute Gasteiger partial charge is 0.305 e. The van der Waals surface area contributed by atoms with E-state index in [1.165, 1.54) is 11.1 Å². The maximum absolute atomic E-state index is 10.9. The van der Waals surface area contributed by atoms with E-state index >= 15 is 0 Å². The first-order chi connectivity index (χ1) is 10.1. The first-order valence-corrected chi connectivity index (χ1v) is 6.93. The van der Waals surface area contributed by atoms with Crippen LogP contribution >= 0.6 is 0 Å². The Morgan fingerprint density at radius 1 is 1.14 bits per heavy atom. The highest BCUT2D eigenvalue weighted by Crippen LogP contribution is 2.25. The van der Waals surface area contributed by atoms with Crippen LogP contribution < -0.4 is 10.6 Å². The van der Waals surface area contributed by atoms with Crippen LogP contribution in [0.4, 0.5) is 11.4 Å². The fourth-order valence-electron chi connectivity index (χ4n) is 2.28. The summed E-state index contributed by atoms with van der Waals surface area (Å²) in [5.74, 6) is -0.806. The Bertz CT molecular complexity index is 626. The van der Waals surface area contributed by atoms with Crippen LogP contribution in [-0.2, 0) is 11.3 Å². The molecule has 0 radical (unpaired) electrons. The molecule has 4 nitrogen and oxygen atoms in total. The number of rotatable bonds is 6. The van der Waals surface area contributed by atoms with Gasteiger partial charge in [0.2, 0.25) is 0 Å². The molecule has 0 fully saturated rings. The van der Waals surface area contributed by atoms with Crippen molar-refractivity contribution >= 4 is 17.3 Å². The van der Waals surface area contributed by atoms with Gasteiger partial charge in [0.15, 0.2) is 0 Å². The lowest BCUT2D eigenvalue weighted by Gasteiger charge is -2.26. The van der Waals surface area contributed by atoms with Gasteiger partial charge in [0.05, 0.1) is 17.8 Å². The number of hydrogen-bond acceptors (Lipinski definition) is 3. The molecule has 3 N–H and O–H groups in total. The molecule has 0 aliphatic rings. The molecule has 0 amide bonds. The molecule has 0 aromatic heterocycles. The summed E-state index contributed by atoms with van der Waals surface area (Å²) in [4.78, 5) is 12.9. The minimum absolute atomic E-state index is 0.0835. The molecule has 0 spiro atoms. The van der Waals surface area contributed by atoms with Gasteiger partial charge in [-0.25, -0.2) is 0 Å². The van der Waals surface area contributed by atoms with Gasteiger partial charge in [-0.1, -0.05) is 36.4 Å². The Morgan fingerprint density at radius 2 is 1.81 bits per heavy atom. The van der Waals surface area contributed by atoms with Crippen molar-refractivity contribution in [1.82, 2.24) is 0 Å². The molecule has 0 aliphatic carbocycles. The standard InChI is InChI=1S/C17H20N2O2/c1-13-6-2-3-7-14(13)12-19(11-10-17(20)21)16-9-5-4-8-15(16)18/h2-9H,10-12,18H2,1H3,(H,20,21). The Morgan fingerprint density at radius 3 is 2.48 bits per heavy atom. The number of nitrogens with zero attached hydrogens (tertiary/aromatic N) is 1. The van der Waals surface area contributed by atoms with Crippen LogP contribution in [0, 0.1) is 6.92 Å². The number of carboxylic acids is 1. The van der Waals surface area contributed by atoms with Crippen molar-refractivity contribution in [3.63, 3.8) is 0 Å². The van der Waals surface area contributed by atoms with Crippen LogP contribution in [0.5, 0.6) is 0 Å². The third-order valence-corrected chi connectivity index (χ3v) is 3.50. The molecular formula is C17H20N2O2. The van der Waals surface area contributed by atoms with Gasteiger partial charge in [0.1, 0.15) is 0 Å². The zero-order valence-corrected chi connectivity index (χ0v) is 12.1. The first kappa shape index (κ1) is 14.9. The molecule has 0 aliphatic heterocycles. The highest BCUT2D eigenvalue weighted by Gasteiger charge is 2.12. The van der Waals surface area contributed by atoms with Gasteiger partial charge < -0.3 is 15.7 Å². The highest BCUT2D eigenvalue weighted by molar-refractivity contribution is 5.70. The van der Waals surface area contributed by atoms with Crippen molar-refractivity contribution in [2.24, 2.45) is 0 Å². The van der Waals surface area contributed by atoms with Gasteiger partial charge >= 0.3 is 5.97 Å². The van der Waals surface area contributed by atoms with Gasteiger partial charge in [-0.2, -0.15) is 0 Å². The molecule has 2 rings (SSSR count). The molecule has 2 aromatic rings. The second-order valence-electron chi connectivity index (χ2n) is 5.05. The fourth-order valence-corrected chi connectivity index (χ4v) is 2.28. The normalized spacial score (nSPS) is 10.3. The molecule has 4 heteroatoms. The van der Waals surface area contributed by atoms with Gasteiger partial charge in [-0.05, 0) is 30.2 Å². The molecule has 21 heavy (non-hydrogen) atoms. The number of nitrogen functional groups attached to an aromatic ring is 1. The van der Waals surface area contributed by atoms with Crippen molar-refractivity contribution in [1.29, 1.82) is 0 Å². The van der Waals surface area contributed by atoms with E-state index in [1.54, 1.807) is 0 Å². The second kappa shape index (κ2) is 6.79. The zero-order valence-electron chi connectivity index (χ0n) is 12.1. The number of anilines is 2. The first-order valence-electron chi connectivity index (χ1n) is 6.93. The van der Waals surface area contributed by atoms with E-state index in [4.69, 9.17) is 10.8 Å². The van der Waals surface area contributed by atoms with Gasteiger partial charge in [-0.15, -0.1) is 0 Å². The minimum Gasteiger partial charge on any atom is -0.481 e. The number of aliphatic carboxylic acids is 1. The molecular weight excluding hydrogens is 264 g/mol. The topological polar surface area (TPSA) is 66.6 Å². The molecule has 0 bridgehead atoms. The SMILES string of the molecule is Cc1ccccc1CN(CCC(=O)O)c1ccccc1N. The summed E-state index contributed by atoms with van der Waals surface area (Å²) < 4.78 is 0. The maximum Gasteiger partial charge on any atom is 0.305 e. The zero-order chi connectivity index (χ0) is 15.2. The van der Waals surface area contributed by atoms with Crippen molar-refractivity contribution in [2.75, 3.05) is 17.2 Å². The Hall–Kier alpha value is -2.49. The van der Waals surface area contributed by atoms with E-state index in [9.17, 15) is 4.79 Å². The average molecular weight is 284 g/mol. The molecule has 0 atom stereocenters. The lowest BCUT2D eigenvalue weighted by Crippen LogP contribution is -2.26. The quantitative estimate of drug-likeness (QED) is 0.800. The third-order valence-electron chi connectivity index (χ3n) is 3.50. The van der Waals surface area contributed by atoms with Gasteiger partial charge in [-0.3, -0.25) is 4.79 Å². The maximum atomic E-state index is 10.9. The number of nitrogens with two attached hydrogens (primary N) is 1. The second-order valence-corrected chi connectivity index (χ2v) is 5.05. The third kappa shape index (κ3) is 3.99. The highest BCUT2D eigenvalue weighted by atomic mass is 16.4. The largest absolute Gasteiger partial charge is 0.481 e. The predicted molar refractivity (Wildman–Crippen MR) is 85.3 cm³/mol. The van der Waals surface area contributed by atoms with Crippen LogP contribution in [0.15, 0.2) is 48.5 Å². The number of benzene rings is 2.